The minimum atomic E-state index is 0.0199. The summed E-state index contributed by atoms with van der Waals surface area (Å²) in [6.07, 6.45) is 0. The number of nitrogens with one attached hydrogen (secondary N) is 2. The highest BCUT2D eigenvalue weighted by Crippen LogP contribution is 2.22. The molecule has 0 aliphatic carbocycles. The molecule has 0 unspecified atom stereocenters. The number of amides is 1. The Morgan fingerprint density at radius 3 is 2.45 bits per heavy atom. The van der Waals surface area contributed by atoms with Crippen molar-refractivity contribution in [3.63, 3.8) is 0 Å². The predicted octanol–water partition coefficient (Wildman–Crippen LogP) is 2.93. The molecule has 0 spiro atoms. The Morgan fingerprint density at radius 1 is 1.09 bits per heavy atom. The fourth-order valence-electron chi connectivity index (χ4n) is 2.28. The van der Waals surface area contributed by atoms with Crippen molar-refractivity contribution in [3.8, 4) is 0 Å². The molecule has 0 bridgehead atoms. The standard InChI is InChI=1S/C18H20N2OS/c21-18(20-12-15-10-19-11-15)16-6-8-17(9-7-16)22-13-14-4-2-1-3-5-14/h1-9,15,19H,10-13H2,(H,20,21). The van der Waals surface area contributed by atoms with Gasteiger partial charge in [0.25, 0.3) is 5.91 Å². The van der Waals surface area contributed by atoms with E-state index in [1.54, 1.807) is 11.8 Å². The Hall–Kier alpha value is -1.78. The van der Waals surface area contributed by atoms with E-state index in [0.29, 0.717) is 5.92 Å². The van der Waals surface area contributed by atoms with Gasteiger partial charge in [-0.3, -0.25) is 4.79 Å². The van der Waals surface area contributed by atoms with Crippen LogP contribution < -0.4 is 10.6 Å². The Kier molecular flexibility index (Phi) is 5.14. The van der Waals surface area contributed by atoms with E-state index in [2.05, 4.69) is 34.9 Å². The molecule has 2 N–H and O–H groups in total. The lowest BCUT2D eigenvalue weighted by molar-refractivity contribution is 0.0942. The summed E-state index contributed by atoms with van der Waals surface area (Å²) in [4.78, 5) is 13.2. The van der Waals surface area contributed by atoms with Crippen molar-refractivity contribution in [2.45, 2.75) is 10.6 Å². The summed E-state index contributed by atoms with van der Waals surface area (Å²) < 4.78 is 0. The van der Waals surface area contributed by atoms with Crippen LogP contribution in [0.1, 0.15) is 15.9 Å². The van der Waals surface area contributed by atoms with E-state index < -0.39 is 0 Å². The van der Waals surface area contributed by atoms with Gasteiger partial charge in [-0.05, 0) is 29.8 Å². The van der Waals surface area contributed by atoms with Gasteiger partial charge in [0.05, 0.1) is 0 Å². The largest absolute Gasteiger partial charge is 0.352 e. The minimum absolute atomic E-state index is 0.0199. The van der Waals surface area contributed by atoms with Gasteiger partial charge in [-0.1, -0.05) is 30.3 Å². The van der Waals surface area contributed by atoms with E-state index in [1.165, 1.54) is 10.5 Å². The third-order valence-electron chi connectivity index (χ3n) is 3.78. The van der Waals surface area contributed by atoms with Crippen LogP contribution in [0.3, 0.4) is 0 Å². The lowest BCUT2D eigenvalue weighted by Gasteiger charge is -2.27. The minimum Gasteiger partial charge on any atom is -0.352 e. The van der Waals surface area contributed by atoms with Gasteiger partial charge >= 0.3 is 0 Å². The second-order valence-electron chi connectivity index (χ2n) is 5.53. The van der Waals surface area contributed by atoms with Crippen molar-refractivity contribution in [2.24, 2.45) is 5.92 Å². The average Bonchev–Trinajstić information content (AvgIpc) is 2.53. The number of hydrogen-bond donors (Lipinski definition) is 2. The van der Waals surface area contributed by atoms with Crippen LogP contribution in [0.2, 0.25) is 0 Å². The summed E-state index contributed by atoms with van der Waals surface area (Å²) in [7, 11) is 0. The van der Waals surface area contributed by atoms with Gasteiger partial charge in [0.1, 0.15) is 0 Å². The SMILES string of the molecule is O=C(NCC1CNC1)c1ccc(SCc2ccccc2)cc1. The summed E-state index contributed by atoms with van der Waals surface area (Å²) in [6, 6.07) is 18.3. The molecule has 1 aliphatic heterocycles. The van der Waals surface area contributed by atoms with Gasteiger partial charge in [0, 0.05) is 41.8 Å². The van der Waals surface area contributed by atoms with Crippen molar-refractivity contribution >= 4 is 17.7 Å². The van der Waals surface area contributed by atoms with Crippen molar-refractivity contribution in [1.29, 1.82) is 0 Å². The van der Waals surface area contributed by atoms with Gasteiger partial charge < -0.3 is 10.6 Å². The van der Waals surface area contributed by atoms with E-state index in [-0.39, 0.29) is 5.91 Å². The maximum Gasteiger partial charge on any atom is 0.251 e. The highest BCUT2D eigenvalue weighted by Gasteiger charge is 2.17. The summed E-state index contributed by atoms with van der Waals surface area (Å²) in [5, 5.41) is 6.20. The summed E-state index contributed by atoms with van der Waals surface area (Å²) in [5.74, 6) is 1.55. The maximum atomic E-state index is 12.0. The monoisotopic (exact) mass is 312 g/mol. The molecule has 0 atom stereocenters. The van der Waals surface area contributed by atoms with Crippen LogP contribution in [0, 0.1) is 5.92 Å². The number of thioether (sulfide) groups is 1. The van der Waals surface area contributed by atoms with Crippen LogP contribution in [-0.2, 0) is 5.75 Å². The first-order chi connectivity index (χ1) is 10.8. The third-order valence-corrected chi connectivity index (χ3v) is 4.87. The van der Waals surface area contributed by atoms with Crippen LogP contribution in [0.15, 0.2) is 59.5 Å². The van der Waals surface area contributed by atoms with Gasteiger partial charge in [-0.25, -0.2) is 0 Å². The second-order valence-corrected chi connectivity index (χ2v) is 6.58. The molecule has 1 saturated heterocycles. The predicted molar refractivity (Wildman–Crippen MR) is 91.1 cm³/mol. The fraction of sp³-hybridized carbons (Fsp3) is 0.278. The van der Waals surface area contributed by atoms with Gasteiger partial charge in [-0.2, -0.15) is 0 Å². The molecule has 0 radical (unpaired) electrons. The molecule has 1 fully saturated rings. The number of benzene rings is 2. The normalized spacial score (nSPS) is 14.4. The number of carbonyl (C=O) groups excluding carboxylic acids is 1. The van der Waals surface area contributed by atoms with Crippen molar-refractivity contribution in [1.82, 2.24) is 10.6 Å². The van der Waals surface area contributed by atoms with Crippen LogP contribution in [0.5, 0.6) is 0 Å². The number of carbonyl (C=O) groups is 1. The van der Waals surface area contributed by atoms with Crippen LogP contribution in [0.25, 0.3) is 0 Å². The number of hydrogen-bond acceptors (Lipinski definition) is 3. The molecule has 1 aliphatic rings. The molecule has 0 aromatic heterocycles. The summed E-state index contributed by atoms with van der Waals surface area (Å²) >= 11 is 1.78. The van der Waals surface area contributed by atoms with E-state index in [1.807, 2.05) is 30.3 Å². The van der Waals surface area contributed by atoms with Crippen LogP contribution in [-0.4, -0.2) is 25.5 Å². The van der Waals surface area contributed by atoms with E-state index in [4.69, 9.17) is 0 Å². The smallest absolute Gasteiger partial charge is 0.251 e. The second kappa shape index (κ2) is 7.47. The van der Waals surface area contributed by atoms with Gasteiger partial charge in [0.2, 0.25) is 0 Å². The molecule has 2 aromatic rings. The summed E-state index contributed by atoms with van der Waals surface area (Å²) in [6.45, 7) is 2.78. The molecule has 1 heterocycles. The van der Waals surface area contributed by atoms with Crippen molar-refractivity contribution in [3.05, 3.63) is 65.7 Å². The first kappa shape index (κ1) is 15.1. The first-order valence-corrected chi connectivity index (χ1v) is 8.55. The Labute approximate surface area is 135 Å². The molecule has 22 heavy (non-hydrogen) atoms. The third kappa shape index (κ3) is 4.12. The fourth-order valence-corrected chi connectivity index (χ4v) is 3.13. The van der Waals surface area contributed by atoms with Gasteiger partial charge in [0.15, 0.2) is 0 Å². The van der Waals surface area contributed by atoms with Crippen LogP contribution >= 0.6 is 11.8 Å². The molecule has 4 heteroatoms. The summed E-state index contributed by atoms with van der Waals surface area (Å²) in [5.41, 5.74) is 2.04. The topological polar surface area (TPSA) is 41.1 Å². The first-order valence-electron chi connectivity index (χ1n) is 7.57. The Balaban J connectivity index is 1.49. The zero-order chi connectivity index (χ0) is 15.2. The molecule has 2 aromatic carbocycles. The zero-order valence-corrected chi connectivity index (χ0v) is 13.2. The van der Waals surface area contributed by atoms with Crippen molar-refractivity contribution in [2.75, 3.05) is 19.6 Å². The molecule has 1 amide bonds. The Morgan fingerprint density at radius 2 is 1.82 bits per heavy atom. The molecule has 114 valence electrons. The van der Waals surface area contributed by atoms with Crippen LogP contribution in [0.4, 0.5) is 0 Å². The van der Waals surface area contributed by atoms with E-state index >= 15 is 0 Å². The maximum absolute atomic E-state index is 12.0. The van der Waals surface area contributed by atoms with E-state index in [0.717, 1.165) is 31.0 Å². The Bertz CT molecular complexity index is 609. The molecular formula is C18H20N2OS. The molecule has 3 nitrogen and oxygen atoms in total. The quantitative estimate of drug-likeness (QED) is 0.806. The highest BCUT2D eigenvalue weighted by atomic mass is 32.2. The molecule has 3 rings (SSSR count). The van der Waals surface area contributed by atoms with Gasteiger partial charge in [-0.15, -0.1) is 11.8 Å². The highest BCUT2D eigenvalue weighted by molar-refractivity contribution is 7.98. The molecular weight excluding hydrogens is 292 g/mol. The number of rotatable bonds is 6. The molecule has 0 saturated carbocycles. The lowest BCUT2D eigenvalue weighted by atomic mass is 10.0. The zero-order valence-electron chi connectivity index (χ0n) is 12.4. The average molecular weight is 312 g/mol. The van der Waals surface area contributed by atoms with E-state index in [9.17, 15) is 4.79 Å². The lowest BCUT2D eigenvalue weighted by Crippen LogP contribution is -2.48. The van der Waals surface area contributed by atoms with Crippen molar-refractivity contribution < 1.29 is 4.79 Å².